The third kappa shape index (κ3) is 10.7. The minimum absolute atomic E-state index is 0.176. The number of nitriles is 1. The van der Waals surface area contributed by atoms with Crippen molar-refractivity contribution in [2.24, 2.45) is 0 Å². The maximum absolute atomic E-state index is 12.9. The first-order valence-corrected chi connectivity index (χ1v) is 11.2. The molecule has 0 aliphatic heterocycles. The molecule has 0 heterocycles. The van der Waals surface area contributed by atoms with E-state index in [0.29, 0.717) is 32.4 Å². The Morgan fingerprint density at radius 3 is 2.15 bits per heavy atom. The summed E-state index contributed by atoms with van der Waals surface area (Å²) in [5.41, 5.74) is 1.45. The van der Waals surface area contributed by atoms with Crippen molar-refractivity contribution < 1.29 is 14.3 Å². The molecule has 0 unspecified atom stereocenters. The number of alkyl carbamates (subject to hydrolysis) is 1. The van der Waals surface area contributed by atoms with Crippen LogP contribution in [0, 0.1) is 11.3 Å². The minimum Gasteiger partial charge on any atom is -0.444 e. The molecule has 2 amide bonds. The zero-order valence-corrected chi connectivity index (χ0v) is 19.6. The number of amides is 2. The predicted molar refractivity (Wildman–Crippen MR) is 128 cm³/mol. The summed E-state index contributed by atoms with van der Waals surface area (Å²) in [6.45, 7) is 6.19. The Hall–Kier alpha value is -3.37. The van der Waals surface area contributed by atoms with Gasteiger partial charge in [0.1, 0.15) is 5.60 Å². The van der Waals surface area contributed by atoms with Crippen molar-refractivity contribution >= 4 is 12.0 Å². The summed E-state index contributed by atoms with van der Waals surface area (Å²) in [6.07, 6.45) is 1.03. The molecule has 33 heavy (non-hydrogen) atoms. The summed E-state index contributed by atoms with van der Waals surface area (Å²) in [5.74, 6) is -0.176. The molecule has 0 aliphatic carbocycles. The van der Waals surface area contributed by atoms with Crippen LogP contribution in [0.2, 0.25) is 0 Å². The molecule has 0 saturated carbocycles. The van der Waals surface area contributed by atoms with E-state index >= 15 is 0 Å². The molecule has 7 heteroatoms. The molecule has 176 valence electrons. The van der Waals surface area contributed by atoms with Gasteiger partial charge in [0.15, 0.2) is 0 Å². The number of hydrogen-bond donors (Lipinski definition) is 3. The number of ether oxygens (including phenoxy) is 1. The maximum atomic E-state index is 12.9. The van der Waals surface area contributed by atoms with Gasteiger partial charge in [0.25, 0.3) is 0 Å². The predicted octanol–water partition coefficient (Wildman–Crippen LogP) is 3.70. The molecule has 0 saturated heterocycles. The Morgan fingerprint density at radius 2 is 1.58 bits per heavy atom. The molecule has 0 radical (unpaired) electrons. The van der Waals surface area contributed by atoms with Gasteiger partial charge in [-0.2, -0.15) is 5.26 Å². The van der Waals surface area contributed by atoms with Crippen LogP contribution in [0.15, 0.2) is 60.7 Å². The van der Waals surface area contributed by atoms with Crippen molar-refractivity contribution in [2.45, 2.75) is 64.3 Å². The van der Waals surface area contributed by atoms with Gasteiger partial charge in [-0.05, 0) is 44.7 Å². The molecule has 0 aromatic heterocycles. The van der Waals surface area contributed by atoms with Crippen LogP contribution in [0.5, 0.6) is 0 Å². The lowest BCUT2D eigenvalue weighted by atomic mass is 10.0. The molecule has 0 bridgehead atoms. The van der Waals surface area contributed by atoms with Gasteiger partial charge < -0.3 is 15.4 Å². The van der Waals surface area contributed by atoms with E-state index in [9.17, 15) is 14.9 Å². The second-order valence-corrected chi connectivity index (χ2v) is 8.86. The van der Waals surface area contributed by atoms with E-state index in [2.05, 4.69) is 22.0 Å². The van der Waals surface area contributed by atoms with Crippen molar-refractivity contribution in [1.29, 1.82) is 5.26 Å². The molecule has 3 N–H and O–H groups in total. The average molecular weight is 451 g/mol. The van der Waals surface area contributed by atoms with E-state index in [-0.39, 0.29) is 5.91 Å². The van der Waals surface area contributed by atoms with Crippen LogP contribution in [0.3, 0.4) is 0 Å². The normalized spacial score (nSPS) is 12.8. The zero-order chi connectivity index (χ0) is 24.1. The Morgan fingerprint density at radius 1 is 0.970 bits per heavy atom. The van der Waals surface area contributed by atoms with Gasteiger partial charge in [0, 0.05) is 19.5 Å². The maximum Gasteiger partial charge on any atom is 0.407 e. The molecule has 0 aliphatic rings. The Kier molecular flexibility index (Phi) is 10.4. The summed E-state index contributed by atoms with van der Waals surface area (Å²) < 4.78 is 5.24. The van der Waals surface area contributed by atoms with Gasteiger partial charge in [-0.3, -0.25) is 10.1 Å². The average Bonchev–Trinajstić information content (AvgIpc) is 2.79. The Bertz CT molecular complexity index is 905. The third-order valence-corrected chi connectivity index (χ3v) is 4.80. The third-order valence-electron chi connectivity index (χ3n) is 4.80. The first kappa shape index (κ1) is 25.9. The van der Waals surface area contributed by atoms with E-state index < -0.39 is 23.8 Å². The summed E-state index contributed by atoms with van der Waals surface area (Å²) >= 11 is 0. The van der Waals surface area contributed by atoms with Gasteiger partial charge in [-0.1, -0.05) is 60.7 Å². The minimum atomic E-state index is -0.567. The standard InChI is InChI=1S/C26H34N4O3/c1-26(2,3)33-25(32)28-16-10-15-23(24(31)29-19-21-13-8-5-9-14-21)30-22(18-27)17-20-11-6-4-7-12-20/h4-9,11-14,22-23,30H,10,15-17,19H2,1-3H3,(H,28,32)(H,29,31)/t22-,23-/m0/s1. The Balaban J connectivity index is 1.94. The highest BCUT2D eigenvalue weighted by atomic mass is 16.6. The van der Waals surface area contributed by atoms with Crippen LogP contribution in [0.1, 0.15) is 44.7 Å². The van der Waals surface area contributed by atoms with Gasteiger partial charge >= 0.3 is 6.09 Å². The molecule has 2 aromatic carbocycles. The topological polar surface area (TPSA) is 103 Å². The van der Waals surface area contributed by atoms with Crippen LogP contribution in [0.4, 0.5) is 4.79 Å². The number of carbonyl (C=O) groups is 2. The highest BCUT2D eigenvalue weighted by Gasteiger charge is 2.22. The lowest BCUT2D eigenvalue weighted by molar-refractivity contribution is -0.123. The molecule has 2 atom stereocenters. The van der Waals surface area contributed by atoms with Crippen LogP contribution in [-0.4, -0.2) is 36.2 Å². The van der Waals surface area contributed by atoms with Crippen LogP contribution < -0.4 is 16.0 Å². The van der Waals surface area contributed by atoms with Crippen LogP contribution >= 0.6 is 0 Å². The number of nitrogens with one attached hydrogen (secondary N) is 3. The highest BCUT2D eigenvalue weighted by Crippen LogP contribution is 2.08. The van der Waals surface area contributed by atoms with E-state index in [1.165, 1.54) is 0 Å². The monoisotopic (exact) mass is 450 g/mol. The fourth-order valence-corrected chi connectivity index (χ4v) is 3.24. The molecular formula is C26H34N4O3. The summed E-state index contributed by atoms with van der Waals surface area (Å²) in [7, 11) is 0. The van der Waals surface area contributed by atoms with Crippen LogP contribution in [0.25, 0.3) is 0 Å². The van der Waals surface area contributed by atoms with Crippen molar-refractivity contribution in [2.75, 3.05) is 6.54 Å². The van der Waals surface area contributed by atoms with Gasteiger partial charge in [0.05, 0.1) is 18.2 Å². The lowest BCUT2D eigenvalue weighted by Crippen LogP contribution is -2.48. The smallest absolute Gasteiger partial charge is 0.407 e. The highest BCUT2D eigenvalue weighted by molar-refractivity contribution is 5.81. The van der Waals surface area contributed by atoms with Crippen molar-refractivity contribution in [3.05, 3.63) is 71.8 Å². The number of rotatable bonds is 11. The van der Waals surface area contributed by atoms with Crippen molar-refractivity contribution in [3.63, 3.8) is 0 Å². The fraction of sp³-hybridized carbons (Fsp3) is 0.423. The first-order valence-electron chi connectivity index (χ1n) is 11.2. The summed E-state index contributed by atoms with van der Waals surface area (Å²) in [4.78, 5) is 24.8. The number of benzene rings is 2. The first-order chi connectivity index (χ1) is 15.8. The quantitative estimate of drug-likeness (QED) is 0.453. The zero-order valence-electron chi connectivity index (χ0n) is 19.6. The van der Waals surface area contributed by atoms with Crippen molar-refractivity contribution in [3.8, 4) is 6.07 Å². The molecule has 2 aromatic rings. The van der Waals surface area contributed by atoms with E-state index in [4.69, 9.17) is 4.74 Å². The SMILES string of the molecule is CC(C)(C)OC(=O)NCCC[C@H](N[C@H](C#N)Cc1ccccc1)C(=O)NCc1ccccc1. The van der Waals surface area contributed by atoms with Gasteiger partial charge in [0.2, 0.25) is 5.91 Å². The number of nitrogens with zero attached hydrogens (tertiary/aromatic N) is 1. The van der Waals surface area contributed by atoms with Gasteiger partial charge in [-0.25, -0.2) is 4.79 Å². The Labute approximate surface area is 196 Å². The van der Waals surface area contributed by atoms with E-state index in [1.807, 2.05) is 60.7 Å². The van der Waals surface area contributed by atoms with E-state index in [1.54, 1.807) is 20.8 Å². The largest absolute Gasteiger partial charge is 0.444 e. The summed E-state index contributed by atoms with van der Waals surface area (Å²) in [5, 5.41) is 18.5. The lowest BCUT2D eigenvalue weighted by Gasteiger charge is -2.22. The second kappa shape index (κ2) is 13.2. The van der Waals surface area contributed by atoms with Crippen LogP contribution in [-0.2, 0) is 22.5 Å². The molecule has 0 fully saturated rings. The second-order valence-electron chi connectivity index (χ2n) is 8.86. The fourth-order valence-electron chi connectivity index (χ4n) is 3.24. The van der Waals surface area contributed by atoms with E-state index in [0.717, 1.165) is 11.1 Å². The van der Waals surface area contributed by atoms with Gasteiger partial charge in [-0.15, -0.1) is 0 Å². The molecule has 7 nitrogen and oxygen atoms in total. The number of carbonyl (C=O) groups excluding carboxylic acids is 2. The van der Waals surface area contributed by atoms with Crippen molar-refractivity contribution in [1.82, 2.24) is 16.0 Å². The number of hydrogen-bond acceptors (Lipinski definition) is 5. The molecular weight excluding hydrogens is 416 g/mol. The molecule has 2 rings (SSSR count). The molecule has 0 spiro atoms. The summed E-state index contributed by atoms with van der Waals surface area (Å²) in [6, 6.07) is 20.5.